The Morgan fingerprint density at radius 1 is 0.640 bits per heavy atom. The van der Waals surface area contributed by atoms with Crippen LogP contribution in [0.15, 0.2) is 0 Å². The first-order chi connectivity index (χ1) is 11.6. The van der Waals surface area contributed by atoms with E-state index in [1.165, 1.54) is 25.7 Å². The van der Waals surface area contributed by atoms with Crippen LogP contribution in [-0.4, -0.2) is 41.0 Å². The van der Waals surface area contributed by atoms with E-state index >= 15 is 0 Å². The van der Waals surface area contributed by atoms with Gasteiger partial charge in [-0.2, -0.15) is 0 Å². The van der Waals surface area contributed by atoms with E-state index in [4.69, 9.17) is 8.44 Å². The van der Waals surface area contributed by atoms with Crippen LogP contribution in [0.25, 0.3) is 0 Å². The Kier molecular flexibility index (Phi) is 16.5. The fraction of sp³-hybridized carbons (Fsp3) is 0.833. The van der Waals surface area contributed by atoms with Gasteiger partial charge in [0, 0.05) is 0 Å². The van der Waals surface area contributed by atoms with Crippen molar-refractivity contribution in [2.75, 3.05) is 0 Å². The molecule has 0 amide bonds. The predicted octanol–water partition coefficient (Wildman–Crippen LogP) is 4.16. The molecular formula is C18H35BiO6. The Hall–Kier alpha value is -0.707. The van der Waals surface area contributed by atoms with Crippen molar-refractivity contribution in [1.29, 1.82) is 0 Å². The fourth-order valence-corrected chi connectivity index (χ4v) is 5.70. The third-order valence-corrected chi connectivity index (χ3v) is 6.70. The van der Waals surface area contributed by atoms with E-state index in [0.717, 1.165) is 0 Å². The van der Waals surface area contributed by atoms with E-state index in [1.54, 1.807) is 41.5 Å². The van der Waals surface area contributed by atoms with Crippen molar-refractivity contribution >= 4 is 41.0 Å². The van der Waals surface area contributed by atoms with Gasteiger partial charge >= 0.3 is 123 Å². The summed E-state index contributed by atoms with van der Waals surface area (Å²) in [6, 6.07) is 0. The Morgan fingerprint density at radius 2 is 0.880 bits per heavy atom. The second-order valence-electron chi connectivity index (χ2n) is 6.63. The SMILES string of the molecule is CC(C)C(=O)[O][Bi]([O]C(=O)C(C)C)[O]C(=O)C(C)C.CCCCCC. The van der Waals surface area contributed by atoms with Crippen LogP contribution in [-0.2, 0) is 22.8 Å². The topological polar surface area (TPSA) is 78.9 Å². The molecule has 0 bridgehead atoms. The molecule has 0 unspecified atom stereocenters. The van der Waals surface area contributed by atoms with Crippen LogP contribution in [0.2, 0.25) is 0 Å². The number of rotatable bonds is 9. The van der Waals surface area contributed by atoms with Crippen LogP contribution >= 0.6 is 0 Å². The third-order valence-electron chi connectivity index (χ3n) is 2.86. The van der Waals surface area contributed by atoms with Crippen molar-refractivity contribution in [2.24, 2.45) is 17.8 Å². The van der Waals surface area contributed by atoms with Crippen molar-refractivity contribution in [3.8, 4) is 0 Å². The van der Waals surface area contributed by atoms with Gasteiger partial charge < -0.3 is 0 Å². The van der Waals surface area contributed by atoms with Gasteiger partial charge in [0.15, 0.2) is 0 Å². The minimum absolute atomic E-state index is 0.368. The second-order valence-corrected chi connectivity index (χ2v) is 10.5. The van der Waals surface area contributed by atoms with E-state index in [1.807, 2.05) is 0 Å². The zero-order chi connectivity index (χ0) is 20.0. The molecule has 0 aliphatic heterocycles. The van der Waals surface area contributed by atoms with Crippen LogP contribution in [0.1, 0.15) is 81.1 Å². The van der Waals surface area contributed by atoms with E-state index in [2.05, 4.69) is 13.8 Å². The molecule has 0 atom stereocenters. The molecule has 0 fully saturated rings. The minimum atomic E-state index is -3.82. The van der Waals surface area contributed by atoms with E-state index < -0.39 is 41.0 Å². The normalized spacial score (nSPS) is 10.6. The number of carbonyl (C=O) groups excluding carboxylic acids is 3. The molecule has 0 aliphatic carbocycles. The molecule has 0 aromatic carbocycles. The number of carbonyl (C=O) groups is 3. The van der Waals surface area contributed by atoms with Gasteiger partial charge in [-0.1, -0.05) is 39.5 Å². The first-order valence-electron chi connectivity index (χ1n) is 9.02. The van der Waals surface area contributed by atoms with Gasteiger partial charge in [-0.15, -0.1) is 0 Å². The standard InChI is InChI=1S/C6H14.3C4H8O2.Bi/c1-3-5-6-4-2;3*1-3(2)4(5)6;/h3-6H2,1-2H3;3*3H,1-2H3,(H,5,6);/q;;;;+3/p-3. The maximum atomic E-state index is 11.5. The summed E-state index contributed by atoms with van der Waals surface area (Å²) in [6.07, 6.45) is 5.54. The van der Waals surface area contributed by atoms with E-state index in [-0.39, 0.29) is 17.8 Å². The average molecular weight is 556 g/mol. The quantitative estimate of drug-likeness (QED) is 0.314. The Bertz CT molecular complexity index is 337. The van der Waals surface area contributed by atoms with Gasteiger partial charge in [-0.25, -0.2) is 0 Å². The number of unbranched alkanes of at least 4 members (excludes halogenated alkanes) is 3. The molecule has 0 saturated heterocycles. The van der Waals surface area contributed by atoms with Gasteiger partial charge in [0.25, 0.3) is 0 Å². The Balaban J connectivity index is 0. The summed E-state index contributed by atoms with van der Waals surface area (Å²) < 4.78 is 15.1. The monoisotopic (exact) mass is 556 g/mol. The first-order valence-corrected chi connectivity index (χ1v) is 13.3. The predicted molar refractivity (Wildman–Crippen MR) is 98.4 cm³/mol. The molecule has 7 heteroatoms. The van der Waals surface area contributed by atoms with Crippen LogP contribution in [0.3, 0.4) is 0 Å². The molecule has 0 heterocycles. The van der Waals surface area contributed by atoms with Crippen LogP contribution in [0, 0.1) is 17.8 Å². The Morgan fingerprint density at radius 3 is 1.04 bits per heavy atom. The maximum Gasteiger partial charge on any atom is -0.0536 e. The molecule has 0 spiro atoms. The molecular weight excluding hydrogens is 521 g/mol. The smallest absolute Gasteiger partial charge is 0.0536 e. The summed E-state index contributed by atoms with van der Waals surface area (Å²) in [4.78, 5) is 34.5. The van der Waals surface area contributed by atoms with Gasteiger partial charge in [-0.05, 0) is 0 Å². The summed E-state index contributed by atoms with van der Waals surface area (Å²) in [5.74, 6) is -2.67. The molecule has 0 aromatic rings. The molecule has 0 saturated carbocycles. The summed E-state index contributed by atoms with van der Waals surface area (Å²) >= 11 is -3.82. The van der Waals surface area contributed by atoms with Crippen molar-refractivity contribution in [1.82, 2.24) is 0 Å². The number of hydrogen-bond donors (Lipinski definition) is 0. The van der Waals surface area contributed by atoms with Crippen molar-refractivity contribution < 1.29 is 22.8 Å². The summed E-state index contributed by atoms with van der Waals surface area (Å²) in [6.45, 7) is 14.4. The van der Waals surface area contributed by atoms with Gasteiger partial charge in [0.2, 0.25) is 0 Å². The van der Waals surface area contributed by atoms with Gasteiger partial charge in [0.1, 0.15) is 0 Å². The average Bonchev–Trinajstić information content (AvgIpc) is 2.52. The minimum Gasteiger partial charge on any atom is -0.0654 e. The summed E-state index contributed by atoms with van der Waals surface area (Å²) in [7, 11) is 0. The van der Waals surface area contributed by atoms with Crippen molar-refractivity contribution in [3.63, 3.8) is 0 Å². The largest absolute Gasteiger partial charge is 0.0654 e. The third kappa shape index (κ3) is 15.3. The molecule has 0 radical (unpaired) electrons. The van der Waals surface area contributed by atoms with Crippen molar-refractivity contribution in [3.05, 3.63) is 0 Å². The van der Waals surface area contributed by atoms with Crippen LogP contribution in [0.5, 0.6) is 0 Å². The fourth-order valence-electron chi connectivity index (χ4n) is 1.09. The second kappa shape index (κ2) is 15.5. The molecule has 6 nitrogen and oxygen atoms in total. The van der Waals surface area contributed by atoms with E-state index in [0.29, 0.717) is 0 Å². The van der Waals surface area contributed by atoms with Crippen LogP contribution < -0.4 is 0 Å². The van der Waals surface area contributed by atoms with Crippen LogP contribution in [0.4, 0.5) is 0 Å². The summed E-state index contributed by atoms with van der Waals surface area (Å²) in [5, 5.41) is 0. The van der Waals surface area contributed by atoms with Gasteiger partial charge in [-0.3, -0.25) is 0 Å². The first kappa shape index (κ1) is 26.5. The zero-order valence-corrected chi connectivity index (χ0v) is 20.4. The maximum absolute atomic E-state index is 11.5. The molecule has 0 N–H and O–H groups in total. The van der Waals surface area contributed by atoms with Crippen molar-refractivity contribution in [2.45, 2.75) is 81.1 Å². The zero-order valence-electron chi connectivity index (χ0n) is 17.0. The molecule has 0 aromatic heterocycles. The number of hydrogen-bond acceptors (Lipinski definition) is 6. The molecule has 148 valence electrons. The molecule has 0 rings (SSSR count). The summed E-state index contributed by atoms with van der Waals surface area (Å²) in [5.41, 5.74) is 0. The van der Waals surface area contributed by atoms with E-state index in [9.17, 15) is 14.4 Å². The Labute approximate surface area is 162 Å². The molecule has 25 heavy (non-hydrogen) atoms. The molecule has 0 aliphatic rings. The van der Waals surface area contributed by atoms with Gasteiger partial charge in [0.05, 0.1) is 0 Å².